The summed E-state index contributed by atoms with van der Waals surface area (Å²) in [5.41, 5.74) is 1.31. The first-order valence-electron chi connectivity index (χ1n) is 5.00. The largest absolute Gasteiger partial charge is 0.204 e. The van der Waals surface area contributed by atoms with E-state index in [1.807, 2.05) is 0 Å². The molecule has 0 nitrogen and oxygen atoms in total. The van der Waals surface area contributed by atoms with Crippen molar-refractivity contribution < 1.29 is 8.78 Å². The van der Waals surface area contributed by atoms with Crippen molar-refractivity contribution in [1.82, 2.24) is 0 Å². The van der Waals surface area contributed by atoms with Crippen molar-refractivity contribution in [2.24, 2.45) is 0 Å². The van der Waals surface area contributed by atoms with Crippen LogP contribution in [0.1, 0.15) is 16.5 Å². The molecule has 0 spiro atoms. The molecule has 1 unspecified atom stereocenters. The van der Waals surface area contributed by atoms with E-state index in [-0.39, 0.29) is 0 Å². The van der Waals surface area contributed by atoms with Crippen molar-refractivity contribution in [3.05, 3.63) is 55.7 Å². The fourth-order valence-corrected chi connectivity index (χ4v) is 3.60. The number of thiophene rings is 1. The van der Waals surface area contributed by atoms with Crippen LogP contribution in [-0.2, 0) is 6.42 Å². The van der Waals surface area contributed by atoms with Crippen LogP contribution in [0.15, 0.2) is 24.3 Å². The highest BCUT2D eigenvalue weighted by molar-refractivity contribution is 7.20. The van der Waals surface area contributed by atoms with Gasteiger partial charge in [0.1, 0.15) is 0 Å². The lowest BCUT2D eigenvalue weighted by molar-refractivity contribution is 0.507. The van der Waals surface area contributed by atoms with Crippen LogP contribution < -0.4 is 0 Å². The highest BCUT2D eigenvalue weighted by atomic mass is 35.5. The Hall–Kier alpha value is -0.350. The van der Waals surface area contributed by atoms with Gasteiger partial charge in [-0.3, -0.25) is 0 Å². The van der Waals surface area contributed by atoms with Gasteiger partial charge < -0.3 is 0 Å². The molecule has 1 atom stereocenters. The van der Waals surface area contributed by atoms with Crippen molar-refractivity contribution in [1.29, 1.82) is 0 Å². The second-order valence-corrected chi connectivity index (χ2v) is 6.51. The van der Waals surface area contributed by atoms with E-state index in [1.165, 1.54) is 17.4 Å². The Kier molecular flexibility index (Phi) is 4.49. The molecular formula is C12H7Cl3F2S. The minimum absolute atomic E-state index is 0.353. The van der Waals surface area contributed by atoms with E-state index in [2.05, 4.69) is 0 Å². The van der Waals surface area contributed by atoms with E-state index < -0.39 is 17.0 Å². The minimum Gasteiger partial charge on any atom is -0.204 e. The predicted molar refractivity (Wildman–Crippen MR) is 73.0 cm³/mol. The number of halogens is 5. The van der Waals surface area contributed by atoms with Crippen LogP contribution in [0, 0.1) is 11.6 Å². The average Bonchev–Trinajstić information content (AvgIpc) is 2.63. The van der Waals surface area contributed by atoms with Gasteiger partial charge in [0.15, 0.2) is 11.6 Å². The Morgan fingerprint density at radius 1 is 1.11 bits per heavy atom. The molecule has 2 rings (SSSR count). The zero-order valence-corrected chi connectivity index (χ0v) is 12.0. The van der Waals surface area contributed by atoms with Gasteiger partial charge in [-0.15, -0.1) is 22.9 Å². The van der Waals surface area contributed by atoms with Gasteiger partial charge in [-0.25, -0.2) is 8.78 Å². The van der Waals surface area contributed by atoms with Gasteiger partial charge in [0, 0.05) is 5.56 Å². The average molecular weight is 328 g/mol. The Morgan fingerprint density at radius 2 is 1.83 bits per heavy atom. The fraction of sp³-hybridized carbons (Fsp3) is 0.167. The summed E-state index contributed by atoms with van der Waals surface area (Å²) in [5, 5.41) is -0.425. The second-order valence-electron chi connectivity index (χ2n) is 3.70. The van der Waals surface area contributed by atoms with Gasteiger partial charge >= 0.3 is 0 Å². The van der Waals surface area contributed by atoms with Gasteiger partial charge in [0.25, 0.3) is 0 Å². The normalized spacial score (nSPS) is 12.7. The molecule has 1 aromatic heterocycles. The molecule has 0 radical (unpaired) electrons. The highest BCUT2D eigenvalue weighted by Gasteiger charge is 2.16. The maximum Gasteiger partial charge on any atom is 0.159 e. The number of hydrogen-bond acceptors (Lipinski definition) is 1. The molecule has 0 saturated carbocycles. The highest BCUT2D eigenvalue weighted by Crippen LogP contribution is 2.38. The van der Waals surface area contributed by atoms with Gasteiger partial charge in [-0.2, -0.15) is 0 Å². The fourth-order valence-electron chi connectivity index (χ4n) is 1.55. The molecule has 1 heterocycles. The third kappa shape index (κ3) is 3.15. The SMILES string of the molecule is Fc1ccc(CC(Cl)c2cc(Cl)sc2Cl)cc1F. The van der Waals surface area contributed by atoms with E-state index >= 15 is 0 Å². The van der Waals surface area contributed by atoms with E-state index in [0.717, 1.165) is 12.1 Å². The number of rotatable bonds is 3. The summed E-state index contributed by atoms with van der Waals surface area (Å²) < 4.78 is 26.9. The molecule has 0 aliphatic carbocycles. The summed E-state index contributed by atoms with van der Waals surface area (Å²) in [6, 6.07) is 5.39. The molecule has 2 aromatic rings. The van der Waals surface area contributed by atoms with Crippen molar-refractivity contribution in [2.45, 2.75) is 11.8 Å². The van der Waals surface area contributed by atoms with Crippen LogP contribution in [0.2, 0.25) is 8.67 Å². The van der Waals surface area contributed by atoms with Gasteiger partial charge in [-0.05, 0) is 30.2 Å². The van der Waals surface area contributed by atoms with Crippen LogP contribution in [0.4, 0.5) is 8.78 Å². The summed E-state index contributed by atoms with van der Waals surface area (Å²) in [7, 11) is 0. The third-order valence-electron chi connectivity index (χ3n) is 2.42. The van der Waals surface area contributed by atoms with Crippen LogP contribution in [0.5, 0.6) is 0 Å². The van der Waals surface area contributed by atoms with Crippen molar-refractivity contribution in [3.8, 4) is 0 Å². The van der Waals surface area contributed by atoms with E-state index in [1.54, 1.807) is 6.07 Å². The summed E-state index contributed by atoms with van der Waals surface area (Å²) in [4.78, 5) is 0. The molecule has 96 valence electrons. The molecule has 6 heteroatoms. The van der Waals surface area contributed by atoms with Gasteiger partial charge in [-0.1, -0.05) is 29.3 Å². The lowest BCUT2D eigenvalue weighted by Crippen LogP contribution is -1.96. The minimum atomic E-state index is -0.884. The molecular weight excluding hydrogens is 321 g/mol. The zero-order valence-electron chi connectivity index (χ0n) is 8.89. The quantitative estimate of drug-likeness (QED) is 0.620. The molecule has 0 bridgehead atoms. The standard InChI is InChI=1S/C12H7Cl3F2S/c13-8(7-5-11(14)18-12(7)15)3-6-1-2-9(16)10(17)4-6/h1-2,4-5,8H,3H2. The van der Waals surface area contributed by atoms with Crippen molar-refractivity contribution in [2.75, 3.05) is 0 Å². The van der Waals surface area contributed by atoms with Crippen LogP contribution in [0.3, 0.4) is 0 Å². The molecule has 18 heavy (non-hydrogen) atoms. The summed E-state index contributed by atoms with van der Waals surface area (Å²) in [6.45, 7) is 0. The molecule has 0 fully saturated rings. The van der Waals surface area contributed by atoms with Crippen molar-refractivity contribution in [3.63, 3.8) is 0 Å². The molecule has 0 amide bonds. The van der Waals surface area contributed by atoms with Gasteiger partial charge in [0.2, 0.25) is 0 Å². The van der Waals surface area contributed by atoms with Crippen molar-refractivity contribution >= 4 is 46.1 Å². The Balaban J connectivity index is 2.18. The first-order chi connectivity index (χ1) is 8.47. The van der Waals surface area contributed by atoms with Crippen LogP contribution in [0.25, 0.3) is 0 Å². The van der Waals surface area contributed by atoms with Crippen LogP contribution in [-0.4, -0.2) is 0 Å². The molecule has 1 aromatic carbocycles. The molecule has 0 aliphatic heterocycles. The number of hydrogen-bond donors (Lipinski definition) is 0. The molecule has 0 aliphatic rings. The Bertz CT molecular complexity index is 568. The smallest absolute Gasteiger partial charge is 0.159 e. The predicted octanol–water partition coefficient (Wildman–Crippen LogP) is 5.86. The molecule has 0 saturated heterocycles. The lowest BCUT2D eigenvalue weighted by atomic mass is 10.1. The van der Waals surface area contributed by atoms with E-state index in [4.69, 9.17) is 34.8 Å². The van der Waals surface area contributed by atoms with E-state index in [0.29, 0.717) is 26.2 Å². The van der Waals surface area contributed by atoms with Crippen LogP contribution >= 0.6 is 46.1 Å². The third-order valence-corrected chi connectivity index (χ3v) is 4.33. The van der Waals surface area contributed by atoms with Gasteiger partial charge in [0.05, 0.1) is 14.0 Å². The topological polar surface area (TPSA) is 0 Å². The number of alkyl halides is 1. The summed E-state index contributed by atoms with van der Waals surface area (Å²) >= 11 is 19.2. The number of benzene rings is 1. The maximum absolute atomic E-state index is 13.1. The Labute approximate surface area is 122 Å². The first kappa shape index (κ1) is 14.1. The monoisotopic (exact) mass is 326 g/mol. The zero-order chi connectivity index (χ0) is 13.3. The Morgan fingerprint density at radius 3 is 2.39 bits per heavy atom. The lowest BCUT2D eigenvalue weighted by Gasteiger charge is -2.08. The summed E-state index contributed by atoms with van der Waals surface area (Å²) in [5.74, 6) is -1.76. The second kappa shape index (κ2) is 5.74. The first-order valence-corrected chi connectivity index (χ1v) is 7.01. The maximum atomic E-state index is 13.1. The summed E-state index contributed by atoms with van der Waals surface area (Å²) in [6.07, 6.45) is 0.353. The molecule has 0 N–H and O–H groups in total. The van der Waals surface area contributed by atoms with E-state index in [9.17, 15) is 8.78 Å².